The van der Waals surface area contributed by atoms with Gasteiger partial charge in [0.15, 0.2) is 0 Å². The summed E-state index contributed by atoms with van der Waals surface area (Å²) in [6, 6.07) is 19.3. The van der Waals surface area contributed by atoms with E-state index in [1.54, 1.807) is 19.4 Å². The molecule has 0 aliphatic rings. The third-order valence-electron chi connectivity index (χ3n) is 5.62. The van der Waals surface area contributed by atoms with Crippen LogP contribution in [0, 0.1) is 5.41 Å². The molecule has 37 heavy (non-hydrogen) atoms. The van der Waals surface area contributed by atoms with E-state index in [-0.39, 0.29) is 0 Å². The summed E-state index contributed by atoms with van der Waals surface area (Å²) in [6.45, 7) is 0.978. The molecule has 0 saturated carbocycles. The number of nitrogens with zero attached hydrogens (tertiary/aromatic N) is 6. The van der Waals surface area contributed by atoms with Gasteiger partial charge in [0.25, 0.3) is 0 Å². The van der Waals surface area contributed by atoms with Crippen molar-refractivity contribution in [3.8, 4) is 17.1 Å². The van der Waals surface area contributed by atoms with Crippen LogP contribution in [0.2, 0.25) is 0 Å². The van der Waals surface area contributed by atoms with E-state index in [0.29, 0.717) is 24.7 Å². The Hall–Kier alpha value is -5.12. The average Bonchev–Trinajstić information content (AvgIpc) is 3.38. The third-order valence-corrected chi connectivity index (χ3v) is 5.62. The van der Waals surface area contributed by atoms with Crippen molar-refractivity contribution in [1.29, 1.82) is 5.41 Å². The first-order valence-electron chi connectivity index (χ1n) is 11.6. The van der Waals surface area contributed by atoms with Crippen molar-refractivity contribution in [2.24, 2.45) is 5.10 Å². The first-order chi connectivity index (χ1) is 18.2. The molecule has 0 saturated heterocycles. The van der Waals surface area contributed by atoms with E-state index in [1.165, 1.54) is 12.5 Å². The van der Waals surface area contributed by atoms with Gasteiger partial charge >= 0.3 is 0 Å². The molecule has 0 unspecified atom stereocenters. The monoisotopic (exact) mass is 491 g/mol. The molecule has 0 amide bonds. The molecule has 4 aromatic heterocycles. The highest BCUT2D eigenvalue weighted by Gasteiger charge is 2.10. The molecule has 0 aliphatic heterocycles. The normalized spacial score (nSPS) is 11.3. The molecule has 1 aromatic carbocycles. The number of hydrogen-bond acceptors (Lipinski definition) is 9. The standard InChI is InChI=1S/C27H25N9O/c1-29-35-24(14-28)20-7-5-19(6-8-20)15-31-26-13-23(33-18-34-26)25-16-32-27-12-22(9-11-36(25)27)37-17-21-4-2-3-10-30-21/h2-14,16,18,28-29H,15,17H2,1H3,(H,31,33,34)/b28-14?,35-24+. The van der Waals surface area contributed by atoms with Crippen LogP contribution in [0.15, 0.2) is 90.7 Å². The highest BCUT2D eigenvalue weighted by atomic mass is 16.5. The predicted molar refractivity (Wildman–Crippen MR) is 143 cm³/mol. The van der Waals surface area contributed by atoms with Crippen LogP contribution >= 0.6 is 0 Å². The molecule has 5 aromatic rings. The van der Waals surface area contributed by atoms with Crippen molar-refractivity contribution in [2.75, 3.05) is 12.4 Å². The average molecular weight is 492 g/mol. The minimum absolute atomic E-state index is 0.390. The fourth-order valence-corrected chi connectivity index (χ4v) is 3.76. The molecule has 0 radical (unpaired) electrons. The fraction of sp³-hybridized carbons (Fsp3) is 0.111. The van der Waals surface area contributed by atoms with Gasteiger partial charge in [0.05, 0.1) is 23.3 Å². The second kappa shape index (κ2) is 11.1. The van der Waals surface area contributed by atoms with Gasteiger partial charge in [-0.3, -0.25) is 9.38 Å². The van der Waals surface area contributed by atoms with Crippen LogP contribution in [-0.2, 0) is 13.2 Å². The molecule has 0 spiro atoms. The first kappa shape index (κ1) is 23.6. The van der Waals surface area contributed by atoms with E-state index in [2.05, 4.69) is 35.8 Å². The SMILES string of the molecule is CN/N=C(\C=N)c1ccc(CNc2cc(-c3cnc4cc(OCc5ccccn5)ccn34)ncn2)cc1. The van der Waals surface area contributed by atoms with Crippen LogP contribution in [0.3, 0.4) is 0 Å². The Labute approximate surface area is 213 Å². The van der Waals surface area contributed by atoms with Crippen LogP contribution in [-0.4, -0.2) is 43.3 Å². The van der Waals surface area contributed by atoms with Gasteiger partial charge in [-0.15, -0.1) is 0 Å². The van der Waals surface area contributed by atoms with E-state index >= 15 is 0 Å². The van der Waals surface area contributed by atoms with Crippen molar-refractivity contribution >= 4 is 23.4 Å². The summed E-state index contributed by atoms with van der Waals surface area (Å²) in [5.41, 5.74) is 8.46. The van der Waals surface area contributed by atoms with Gasteiger partial charge in [0.1, 0.15) is 35.9 Å². The summed E-state index contributed by atoms with van der Waals surface area (Å²) < 4.78 is 7.84. The van der Waals surface area contributed by atoms with Crippen molar-refractivity contribution in [3.05, 3.63) is 102 Å². The number of rotatable bonds is 10. The maximum absolute atomic E-state index is 7.50. The number of nitrogens with one attached hydrogen (secondary N) is 3. The van der Waals surface area contributed by atoms with Crippen LogP contribution in [0.25, 0.3) is 17.0 Å². The smallest absolute Gasteiger partial charge is 0.140 e. The Morgan fingerprint density at radius 3 is 2.73 bits per heavy atom. The number of hydrogen-bond donors (Lipinski definition) is 3. The van der Waals surface area contributed by atoms with Crippen molar-refractivity contribution in [3.63, 3.8) is 0 Å². The van der Waals surface area contributed by atoms with Crippen LogP contribution in [0.5, 0.6) is 5.75 Å². The molecule has 0 atom stereocenters. The van der Waals surface area contributed by atoms with Crippen molar-refractivity contribution < 1.29 is 4.74 Å². The summed E-state index contributed by atoms with van der Waals surface area (Å²) in [5.74, 6) is 1.42. The molecule has 10 nitrogen and oxygen atoms in total. The number of anilines is 1. The molecule has 0 aliphatic carbocycles. The van der Waals surface area contributed by atoms with Crippen molar-refractivity contribution in [2.45, 2.75) is 13.2 Å². The topological polar surface area (TPSA) is 125 Å². The Morgan fingerprint density at radius 1 is 1.05 bits per heavy atom. The molecule has 5 rings (SSSR count). The third kappa shape index (κ3) is 5.59. The summed E-state index contributed by atoms with van der Waals surface area (Å²) in [5, 5.41) is 14.9. The lowest BCUT2D eigenvalue weighted by atomic mass is 10.1. The zero-order valence-electron chi connectivity index (χ0n) is 20.2. The fourth-order valence-electron chi connectivity index (χ4n) is 3.76. The van der Waals surface area contributed by atoms with Crippen LogP contribution in [0.4, 0.5) is 5.82 Å². The number of hydrazone groups is 1. The second-order valence-corrected chi connectivity index (χ2v) is 8.05. The largest absolute Gasteiger partial charge is 0.487 e. The highest BCUT2D eigenvalue weighted by Crippen LogP contribution is 2.23. The van der Waals surface area contributed by atoms with E-state index < -0.39 is 0 Å². The molecule has 10 heteroatoms. The number of fused-ring (bicyclic) bond motifs is 1. The number of benzene rings is 1. The zero-order chi connectivity index (χ0) is 25.5. The molecular weight excluding hydrogens is 466 g/mol. The number of imidazole rings is 1. The lowest BCUT2D eigenvalue weighted by molar-refractivity contribution is 0.301. The van der Waals surface area contributed by atoms with E-state index in [0.717, 1.165) is 39.6 Å². The van der Waals surface area contributed by atoms with Gasteiger partial charge in [0, 0.05) is 49.9 Å². The number of pyridine rings is 2. The maximum atomic E-state index is 7.50. The van der Waals surface area contributed by atoms with Gasteiger partial charge < -0.3 is 20.9 Å². The first-order valence-corrected chi connectivity index (χ1v) is 11.6. The summed E-state index contributed by atoms with van der Waals surface area (Å²) in [6.07, 6.45) is 8.22. The van der Waals surface area contributed by atoms with Crippen molar-refractivity contribution in [1.82, 2.24) is 29.8 Å². The number of aromatic nitrogens is 5. The quantitative estimate of drug-likeness (QED) is 0.199. The van der Waals surface area contributed by atoms with E-state index in [9.17, 15) is 0 Å². The highest BCUT2D eigenvalue weighted by molar-refractivity contribution is 6.37. The molecule has 0 fully saturated rings. The Morgan fingerprint density at radius 2 is 1.95 bits per heavy atom. The van der Waals surface area contributed by atoms with Crippen LogP contribution < -0.4 is 15.5 Å². The Kier molecular flexibility index (Phi) is 7.07. The predicted octanol–water partition coefficient (Wildman–Crippen LogP) is 3.95. The minimum Gasteiger partial charge on any atom is -0.487 e. The lowest BCUT2D eigenvalue weighted by Crippen LogP contribution is -2.08. The summed E-state index contributed by atoms with van der Waals surface area (Å²) >= 11 is 0. The van der Waals surface area contributed by atoms with Gasteiger partial charge in [-0.2, -0.15) is 5.10 Å². The molecule has 3 N–H and O–H groups in total. The Balaban J connectivity index is 1.27. The summed E-state index contributed by atoms with van der Waals surface area (Å²) in [4.78, 5) is 17.6. The van der Waals surface area contributed by atoms with Gasteiger partial charge in [-0.25, -0.2) is 15.0 Å². The Bertz CT molecular complexity index is 1530. The molecule has 184 valence electrons. The second-order valence-electron chi connectivity index (χ2n) is 8.05. The maximum Gasteiger partial charge on any atom is 0.140 e. The van der Waals surface area contributed by atoms with Crippen LogP contribution in [0.1, 0.15) is 16.8 Å². The molecular formula is C27H25N9O. The van der Waals surface area contributed by atoms with E-state index in [1.807, 2.05) is 71.3 Å². The molecule has 0 bridgehead atoms. The molecule has 4 heterocycles. The zero-order valence-corrected chi connectivity index (χ0v) is 20.2. The van der Waals surface area contributed by atoms with Gasteiger partial charge in [-0.05, 0) is 23.8 Å². The lowest BCUT2D eigenvalue weighted by Gasteiger charge is -2.09. The van der Waals surface area contributed by atoms with E-state index in [4.69, 9.17) is 10.1 Å². The summed E-state index contributed by atoms with van der Waals surface area (Å²) in [7, 11) is 1.71. The number of ether oxygens (including phenoxy) is 1. The minimum atomic E-state index is 0.390. The van der Waals surface area contributed by atoms with Gasteiger partial charge in [-0.1, -0.05) is 30.3 Å². The van der Waals surface area contributed by atoms with Gasteiger partial charge in [0.2, 0.25) is 0 Å².